The summed E-state index contributed by atoms with van der Waals surface area (Å²) in [7, 11) is 0. The molecule has 0 aromatic heterocycles. The van der Waals surface area contributed by atoms with Crippen LogP contribution in [0.4, 0.5) is 0 Å². The molecule has 0 aliphatic heterocycles. The van der Waals surface area contributed by atoms with E-state index >= 15 is 0 Å². The second-order valence-electron chi connectivity index (χ2n) is 2.54. The Morgan fingerprint density at radius 2 is 2.25 bits per heavy atom. The average Bonchev–Trinajstić information content (AvgIpc) is 1.62. The summed E-state index contributed by atoms with van der Waals surface area (Å²) in [6, 6.07) is 0.0590. The highest BCUT2D eigenvalue weighted by atomic mass is 16.3. The number of nitrogens with two attached hydrogens (primary N) is 1. The van der Waals surface area contributed by atoms with Crippen LogP contribution in [0.5, 0.6) is 0 Å². The smallest absolute Gasteiger partial charge is 0.0585 e. The number of hydrogen-bond acceptors (Lipinski definition) is 2. The SMILES string of the molecule is N[C@@H](CO)C1CCC1. The summed E-state index contributed by atoms with van der Waals surface area (Å²) in [6.07, 6.45) is 3.75. The second-order valence-corrected chi connectivity index (χ2v) is 2.54. The van der Waals surface area contributed by atoms with Crippen molar-refractivity contribution in [2.24, 2.45) is 11.7 Å². The summed E-state index contributed by atoms with van der Waals surface area (Å²) in [5, 5.41) is 8.55. The van der Waals surface area contributed by atoms with Gasteiger partial charge in [0, 0.05) is 6.04 Å². The van der Waals surface area contributed by atoms with Crippen molar-refractivity contribution in [1.82, 2.24) is 0 Å². The molecule has 1 saturated carbocycles. The van der Waals surface area contributed by atoms with Gasteiger partial charge in [0.05, 0.1) is 6.61 Å². The lowest BCUT2D eigenvalue weighted by molar-refractivity contribution is 0.175. The molecule has 1 aliphatic carbocycles. The van der Waals surface area contributed by atoms with Crippen LogP contribution in [0.25, 0.3) is 0 Å². The number of rotatable bonds is 2. The van der Waals surface area contributed by atoms with Crippen LogP contribution in [0.1, 0.15) is 19.3 Å². The highest BCUT2D eigenvalue weighted by Crippen LogP contribution is 2.28. The monoisotopic (exact) mass is 115 g/mol. The highest BCUT2D eigenvalue weighted by molar-refractivity contribution is 4.78. The van der Waals surface area contributed by atoms with Crippen molar-refractivity contribution in [3.63, 3.8) is 0 Å². The maximum atomic E-state index is 8.55. The third-order valence-electron chi connectivity index (χ3n) is 1.97. The molecule has 1 fully saturated rings. The Hall–Kier alpha value is -0.0800. The van der Waals surface area contributed by atoms with E-state index in [0.29, 0.717) is 5.92 Å². The molecule has 0 saturated heterocycles. The Morgan fingerprint density at radius 3 is 2.38 bits per heavy atom. The molecule has 2 nitrogen and oxygen atoms in total. The molecule has 8 heavy (non-hydrogen) atoms. The van der Waals surface area contributed by atoms with E-state index in [1.54, 1.807) is 0 Å². The number of hydrogen-bond donors (Lipinski definition) is 2. The molecule has 0 radical (unpaired) electrons. The van der Waals surface area contributed by atoms with Gasteiger partial charge in [0.25, 0.3) is 0 Å². The van der Waals surface area contributed by atoms with Crippen LogP contribution in [0.15, 0.2) is 0 Å². The predicted octanol–water partition coefficient (Wildman–Crippen LogP) is 0.106. The Labute approximate surface area is 49.7 Å². The molecule has 0 amide bonds. The predicted molar refractivity (Wildman–Crippen MR) is 32.4 cm³/mol. The van der Waals surface area contributed by atoms with Gasteiger partial charge in [-0.05, 0) is 18.8 Å². The van der Waals surface area contributed by atoms with Gasteiger partial charge in [-0.1, -0.05) is 6.42 Å². The first-order chi connectivity index (χ1) is 3.84. The maximum Gasteiger partial charge on any atom is 0.0585 e. The van der Waals surface area contributed by atoms with Gasteiger partial charge in [0.2, 0.25) is 0 Å². The van der Waals surface area contributed by atoms with Gasteiger partial charge in [-0.15, -0.1) is 0 Å². The lowest BCUT2D eigenvalue weighted by Crippen LogP contribution is -2.37. The zero-order valence-electron chi connectivity index (χ0n) is 5.01. The van der Waals surface area contributed by atoms with Crippen LogP contribution in [0.2, 0.25) is 0 Å². The van der Waals surface area contributed by atoms with Gasteiger partial charge in [-0.25, -0.2) is 0 Å². The molecule has 2 heteroatoms. The highest BCUT2D eigenvalue weighted by Gasteiger charge is 2.23. The van der Waals surface area contributed by atoms with Crippen molar-refractivity contribution in [1.29, 1.82) is 0 Å². The Balaban J connectivity index is 2.13. The van der Waals surface area contributed by atoms with E-state index in [1.165, 1.54) is 19.3 Å². The largest absolute Gasteiger partial charge is 0.395 e. The topological polar surface area (TPSA) is 46.2 Å². The van der Waals surface area contributed by atoms with Crippen molar-refractivity contribution in [2.45, 2.75) is 25.3 Å². The van der Waals surface area contributed by atoms with Gasteiger partial charge in [0.1, 0.15) is 0 Å². The molecule has 0 spiro atoms. The third-order valence-corrected chi connectivity index (χ3v) is 1.97. The minimum atomic E-state index is 0.0590. The zero-order chi connectivity index (χ0) is 5.98. The molecule has 0 aromatic carbocycles. The van der Waals surface area contributed by atoms with Gasteiger partial charge in [-0.3, -0.25) is 0 Å². The molecule has 0 heterocycles. The lowest BCUT2D eigenvalue weighted by Gasteiger charge is -2.29. The molecule has 1 rings (SSSR count). The van der Waals surface area contributed by atoms with Crippen molar-refractivity contribution >= 4 is 0 Å². The van der Waals surface area contributed by atoms with Crippen LogP contribution in [-0.2, 0) is 0 Å². The van der Waals surface area contributed by atoms with Gasteiger partial charge in [-0.2, -0.15) is 0 Å². The van der Waals surface area contributed by atoms with Crippen molar-refractivity contribution < 1.29 is 5.11 Å². The third kappa shape index (κ3) is 1.01. The van der Waals surface area contributed by atoms with Crippen molar-refractivity contribution in [3.05, 3.63) is 0 Å². The van der Waals surface area contributed by atoms with Gasteiger partial charge in [0.15, 0.2) is 0 Å². The standard InChI is InChI=1S/C6H13NO/c7-6(4-8)5-2-1-3-5/h5-6,8H,1-4,7H2/t6-/m0/s1. The fourth-order valence-electron chi connectivity index (χ4n) is 1.02. The maximum absolute atomic E-state index is 8.55. The van der Waals surface area contributed by atoms with E-state index in [1.807, 2.05) is 0 Å². The minimum Gasteiger partial charge on any atom is -0.395 e. The van der Waals surface area contributed by atoms with Crippen LogP contribution in [-0.4, -0.2) is 17.8 Å². The van der Waals surface area contributed by atoms with E-state index in [4.69, 9.17) is 10.8 Å². The molecule has 0 unspecified atom stereocenters. The van der Waals surface area contributed by atoms with Crippen LogP contribution >= 0.6 is 0 Å². The quantitative estimate of drug-likeness (QED) is 0.536. The summed E-state index contributed by atoms with van der Waals surface area (Å²) in [6.45, 7) is 0.157. The lowest BCUT2D eigenvalue weighted by atomic mass is 9.80. The van der Waals surface area contributed by atoms with Gasteiger partial charge >= 0.3 is 0 Å². The summed E-state index contributed by atoms with van der Waals surface area (Å²) in [5.74, 6) is 0.625. The Bertz CT molecular complexity index is 68.2. The number of aliphatic hydroxyl groups excluding tert-OH is 1. The fraction of sp³-hybridized carbons (Fsp3) is 1.00. The van der Waals surface area contributed by atoms with E-state index in [9.17, 15) is 0 Å². The first-order valence-electron chi connectivity index (χ1n) is 3.21. The summed E-state index contributed by atoms with van der Waals surface area (Å²) in [4.78, 5) is 0. The minimum absolute atomic E-state index is 0.0590. The summed E-state index contributed by atoms with van der Waals surface area (Å²) < 4.78 is 0. The van der Waals surface area contributed by atoms with Crippen molar-refractivity contribution in [2.75, 3.05) is 6.61 Å². The molecule has 0 aromatic rings. The first kappa shape index (κ1) is 6.05. The fourth-order valence-corrected chi connectivity index (χ4v) is 1.02. The average molecular weight is 115 g/mol. The normalized spacial score (nSPS) is 24.8. The van der Waals surface area contributed by atoms with E-state index in [-0.39, 0.29) is 12.6 Å². The first-order valence-corrected chi connectivity index (χ1v) is 3.21. The molecule has 3 N–H and O–H groups in total. The Morgan fingerprint density at radius 1 is 1.62 bits per heavy atom. The number of aliphatic hydroxyl groups is 1. The molecular weight excluding hydrogens is 102 g/mol. The van der Waals surface area contributed by atoms with E-state index < -0.39 is 0 Å². The zero-order valence-corrected chi connectivity index (χ0v) is 5.01. The molecule has 0 bridgehead atoms. The molecule has 1 aliphatic rings. The van der Waals surface area contributed by atoms with Crippen molar-refractivity contribution in [3.8, 4) is 0 Å². The van der Waals surface area contributed by atoms with E-state index in [0.717, 1.165) is 0 Å². The summed E-state index contributed by atoms with van der Waals surface area (Å²) in [5.41, 5.74) is 5.53. The molecule has 1 atom stereocenters. The van der Waals surface area contributed by atoms with Crippen LogP contribution in [0.3, 0.4) is 0 Å². The molecule has 48 valence electrons. The second kappa shape index (κ2) is 2.46. The summed E-state index contributed by atoms with van der Waals surface area (Å²) >= 11 is 0. The van der Waals surface area contributed by atoms with Crippen LogP contribution in [0, 0.1) is 5.92 Å². The van der Waals surface area contributed by atoms with Crippen LogP contribution < -0.4 is 5.73 Å². The molecular formula is C6H13NO. The Kier molecular flexibility index (Phi) is 1.86. The van der Waals surface area contributed by atoms with E-state index in [2.05, 4.69) is 0 Å². The van der Waals surface area contributed by atoms with Gasteiger partial charge < -0.3 is 10.8 Å².